The first-order chi connectivity index (χ1) is 19.0. The maximum atomic E-state index is 13.6. The second kappa shape index (κ2) is 9.93. The second-order valence-electron chi connectivity index (χ2n) is 9.06. The Hall–Kier alpha value is -5.19. The fraction of sp³-hybridized carbons (Fsp3) is 0.179. The molecule has 0 bridgehead atoms. The number of hydrogen-bond acceptors (Lipinski definition) is 8. The van der Waals surface area contributed by atoms with Crippen molar-refractivity contribution < 1.29 is 23.8 Å². The third kappa shape index (κ3) is 4.65. The molecule has 0 unspecified atom stereocenters. The molecule has 2 aromatic heterocycles. The maximum Gasteiger partial charge on any atom is 0.309 e. The van der Waals surface area contributed by atoms with Crippen molar-refractivity contribution >= 4 is 28.6 Å². The van der Waals surface area contributed by atoms with Crippen LogP contribution in [-0.4, -0.2) is 44.9 Å². The normalized spacial score (nSPS) is 12.1. The Morgan fingerprint density at radius 1 is 0.974 bits per heavy atom. The van der Waals surface area contributed by atoms with E-state index in [0.29, 0.717) is 33.7 Å². The van der Waals surface area contributed by atoms with E-state index in [9.17, 15) is 14.4 Å². The SMILES string of the molecule is COC(=O)Cc1ccc(Cn2c(=O)c3cc(C(=O)NCc4ccc5c(c4)OCO5)ccc3n3cnnc23)cc1. The standard InChI is InChI=1S/C28H23N5O6/c1-37-25(34)11-17-2-4-18(5-3-17)14-32-27(36)21-12-20(7-8-22(21)33-15-30-31-28(32)33)26(35)29-13-19-6-9-23-24(10-19)39-16-38-23/h2-10,12,15H,11,13-14,16H2,1H3,(H,29,35). The molecule has 0 aliphatic carbocycles. The minimum absolute atomic E-state index is 0.167. The molecule has 0 saturated carbocycles. The van der Waals surface area contributed by atoms with Gasteiger partial charge in [0.1, 0.15) is 6.33 Å². The Kier molecular flexibility index (Phi) is 6.16. The number of rotatable bonds is 7. The second-order valence-corrected chi connectivity index (χ2v) is 9.06. The van der Waals surface area contributed by atoms with Crippen LogP contribution in [0.2, 0.25) is 0 Å². The van der Waals surface area contributed by atoms with Crippen molar-refractivity contribution in [1.82, 2.24) is 24.5 Å². The van der Waals surface area contributed by atoms with E-state index in [0.717, 1.165) is 16.7 Å². The van der Waals surface area contributed by atoms with Crippen molar-refractivity contribution in [2.45, 2.75) is 19.5 Å². The van der Waals surface area contributed by atoms with Crippen molar-refractivity contribution in [2.75, 3.05) is 13.9 Å². The monoisotopic (exact) mass is 525 g/mol. The predicted octanol–water partition coefficient (Wildman–Crippen LogP) is 2.47. The molecule has 1 amide bonds. The predicted molar refractivity (Wildman–Crippen MR) is 140 cm³/mol. The highest BCUT2D eigenvalue weighted by Gasteiger charge is 2.17. The van der Waals surface area contributed by atoms with E-state index in [1.165, 1.54) is 18.0 Å². The molecule has 0 atom stereocenters. The quantitative estimate of drug-likeness (QED) is 0.321. The molecule has 0 radical (unpaired) electrons. The summed E-state index contributed by atoms with van der Waals surface area (Å²) >= 11 is 0. The van der Waals surface area contributed by atoms with E-state index < -0.39 is 0 Å². The third-order valence-corrected chi connectivity index (χ3v) is 6.59. The van der Waals surface area contributed by atoms with Crippen LogP contribution < -0.4 is 20.3 Å². The first kappa shape index (κ1) is 24.2. The number of ether oxygens (including phenoxy) is 3. The van der Waals surface area contributed by atoms with Crippen molar-refractivity contribution in [2.24, 2.45) is 0 Å². The zero-order valence-electron chi connectivity index (χ0n) is 20.9. The summed E-state index contributed by atoms with van der Waals surface area (Å²) in [6.45, 7) is 0.699. The van der Waals surface area contributed by atoms with E-state index in [1.807, 2.05) is 36.4 Å². The summed E-state index contributed by atoms with van der Waals surface area (Å²) in [5, 5.41) is 11.4. The van der Waals surface area contributed by atoms with Gasteiger partial charge in [0.25, 0.3) is 11.5 Å². The molecule has 5 aromatic rings. The molecule has 39 heavy (non-hydrogen) atoms. The fourth-order valence-electron chi connectivity index (χ4n) is 4.54. The minimum Gasteiger partial charge on any atom is -0.469 e. The van der Waals surface area contributed by atoms with Crippen LogP contribution in [0.15, 0.2) is 71.8 Å². The van der Waals surface area contributed by atoms with Gasteiger partial charge in [-0.15, -0.1) is 10.2 Å². The number of aromatic nitrogens is 4. The Balaban J connectivity index is 1.28. The Labute approximate surface area is 221 Å². The lowest BCUT2D eigenvalue weighted by molar-refractivity contribution is -0.139. The molecule has 11 nitrogen and oxygen atoms in total. The molecule has 1 N–H and O–H groups in total. The van der Waals surface area contributed by atoms with E-state index in [2.05, 4.69) is 15.5 Å². The van der Waals surface area contributed by atoms with Crippen LogP contribution in [0.5, 0.6) is 11.5 Å². The average Bonchev–Trinajstić information content (AvgIpc) is 3.64. The van der Waals surface area contributed by atoms with Crippen LogP contribution in [0, 0.1) is 0 Å². The van der Waals surface area contributed by atoms with Gasteiger partial charge in [-0.3, -0.25) is 23.4 Å². The number of methoxy groups -OCH3 is 1. The number of hydrogen-bond donors (Lipinski definition) is 1. The lowest BCUT2D eigenvalue weighted by Gasteiger charge is -2.12. The van der Waals surface area contributed by atoms with Gasteiger partial charge in [-0.25, -0.2) is 0 Å². The number of benzene rings is 3. The lowest BCUT2D eigenvalue weighted by atomic mass is 10.1. The maximum absolute atomic E-state index is 13.6. The van der Waals surface area contributed by atoms with E-state index in [1.54, 1.807) is 28.7 Å². The van der Waals surface area contributed by atoms with Gasteiger partial charge in [0, 0.05) is 12.1 Å². The van der Waals surface area contributed by atoms with Crippen LogP contribution in [0.4, 0.5) is 0 Å². The summed E-state index contributed by atoms with van der Waals surface area (Å²) < 4.78 is 18.7. The van der Waals surface area contributed by atoms with Crippen molar-refractivity contribution in [1.29, 1.82) is 0 Å². The highest BCUT2D eigenvalue weighted by atomic mass is 16.7. The molecule has 0 fully saturated rings. The van der Waals surface area contributed by atoms with E-state index in [-0.39, 0.29) is 43.7 Å². The van der Waals surface area contributed by atoms with Gasteiger partial charge in [-0.05, 0) is 47.0 Å². The van der Waals surface area contributed by atoms with Crippen molar-refractivity contribution in [3.05, 3.63) is 99.6 Å². The molecule has 3 heterocycles. The number of fused-ring (bicyclic) bond motifs is 4. The van der Waals surface area contributed by atoms with Crippen LogP contribution in [0.3, 0.4) is 0 Å². The van der Waals surface area contributed by atoms with Gasteiger partial charge >= 0.3 is 5.97 Å². The molecule has 0 spiro atoms. The molecule has 11 heteroatoms. The van der Waals surface area contributed by atoms with Gasteiger partial charge in [0.05, 0.1) is 31.0 Å². The molecule has 0 saturated heterocycles. The largest absolute Gasteiger partial charge is 0.469 e. The van der Waals surface area contributed by atoms with Gasteiger partial charge in [-0.2, -0.15) is 0 Å². The zero-order valence-corrected chi connectivity index (χ0v) is 20.9. The van der Waals surface area contributed by atoms with Gasteiger partial charge < -0.3 is 19.5 Å². The lowest BCUT2D eigenvalue weighted by Crippen LogP contribution is -2.25. The molecule has 1 aliphatic rings. The van der Waals surface area contributed by atoms with Crippen molar-refractivity contribution in [3.63, 3.8) is 0 Å². The highest BCUT2D eigenvalue weighted by molar-refractivity contribution is 5.98. The van der Waals surface area contributed by atoms with Crippen LogP contribution in [-0.2, 0) is 29.0 Å². The summed E-state index contributed by atoms with van der Waals surface area (Å²) in [6, 6.07) is 17.8. The number of nitrogens with zero attached hydrogens (tertiary/aromatic N) is 4. The zero-order chi connectivity index (χ0) is 26.9. The number of esters is 1. The van der Waals surface area contributed by atoms with E-state index in [4.69, 9.17) is 14.2 Å². The van der Waals surface area contributed by atoms with Crippen LogP contribution >= 0.6 is 0 Å². The summed E-state index contributed by atoms with van der Waals surface area (Å²) in [5.41, 5.74) is 3.16. The number of carbonyl (C=O) groups excluding carboxylic acids is 2. The number of carbonyl (C=O) groups is 2. The smallest absolute Gasteiger partial charge is 0.309 e. The van der Waals surface area contributed by atoms with Crippen LogP contribution in [0.25, 0.3) is 16.7 Å². The number of amides is 1. The first-order valence-electron chi connectivity index (χ1n) is 12.2. The molecule has 3 aromatic carbocycles. The fourth-order valence-corrected chi connectivity index (χ4v) is 4.54. The van der Waals surface area contributed by atoms with Gasteiger partial charge in [0.15, 0.2) is 11.5 Å². The Morgan fingerprint density at radius 3 is 2.56 bits per heavy atom. The van der Waals surface area contributed by atoms with E-state index >= 15 is 0 Å². The summed E-state index contributed by atoms with van der Waals surface area (Å²) in [7, 11) is 1.35. The average molecular weight is 526 g/mol. The number of nitrogens with one attached hydrogen (secondary N) is 1. The first-order valence-corrected chi connectivity index (χ1v) is 12.2. The summed E-state index contributed by atoms with van der Waals surface area (Å²) in [4.78, 5) is 38.2. The Bertz CT molecular complexity index is 1790. The molecular weight excluding hydrogens is 502 g/mol. The highest BCUT2D eigenvalue weighted by Crippen LogP contribution is 2.32. The third-order valence-electron chi connectivity index (χ3n) is 6.59. The summed E-state index contributed by atoms with van der Waals surface area (Å²) in [5.74, 6) is 1.06. The van der Waals surface area contributed by atoms with Gasteiger partial charge in [0.2, 0.25) is 12.6 Å². The van der Waals surface area contributed by atoms with Crippen molar-refractivity contribution in [3.8, 4) is 11.5 Å². The molecule has 196 valence electrons. The molecule has 1 aliphatic heterocycles. The minimum atomic E-state index is -0.325. The summed E-state index contributed by atoms with van der Waals surface area (Å²) in [6.07, 6.45) is 1.70. The van der Waals surface area contributed by atoms with Gasteiger partial charge in [-0.1, -0.05) is 30.3 Å². The topological polar surface area (TPSA) is 126 Å². The van der Waals surface area contributed by atoms with Crippen LogP contribution in [0.1, 0.15) is 27.0 Å². The molecular formula is C28H23N5O6. The molecule has 6 rings (SSSR count). The Morgan fingerprint density at radius 2 is 1.74 bits per heavy atom.